The molecule has 1 rings (SSSR count). The number of hydrogen-bond donors (Lipinski definition) is 3. The Morgan fingerprint density at radius 1 is 1.85 bits per heavy atom. The number of H-pyrrole nitrogens is 1. The first-order valence-electron chi connectivity index (χ1n) is 4.23. The number of amides is 1. The molecule has 0 aliphatic rings. The monoisotopic (exact) mass is 182 g/mol. The van der Waals surface area contributed by atoms with Gasteiger partial charge in [0.1, 0.15) is 5.82 Å². The van der Waals surface area contributed by atoms with E-state index in [1.807, 2.05) is 6.92 Å². The van der Waals surface area contributed by atoms with Crippen LogP contribution < -0.4 is 11.1 Å². The van der Waals surface area contributed by atoms with E-state index in [0.29, 0.717) is 5.82 Å². The van der Waals surface area contributed by atoms with Crippen LogP contribution in [-0.4, -0.2) is 22.1 Å². The minimum Gasteiger partial charge on any atom is -0.320 e. The van der Waals surface area contributed by atoms with Gasteiger partial charge in [0.2, 0.25) is 5.91 Å². The van der Waals surface area contributed by atoms with Crippen molar-refractivity contribution in [1.29, 1.82) is 0 Å². The van der Waals surface area contributed by atoms with Crippen molar-refractivity contribution in [3.8, 4) is 0 Å². The van der Waals surface area contributed by atoms with Crippen molar-refractivity contribution in [2.24, 2.45) is 5.73 Å². The van der Waals surface area contributed by atoms with Gasteiger partial charge in [-0.15, -0.1) is 0 Å². The maximum atomic E-state index is 11.2. The number of carbonyl (C=O) groups is 1. The lowest BCUT2D eigenvalue weighted by molar-refractivity contribution is -0.117. The molecule has 5 nitrogen and oxygen atoms in total. The lowest BCUT2D eigenvalue weighted by atomic mass is 10.2. The van der Waals surface area contributed by atoms with E-state index in [-0.39, 0.29) is 5.91 Å². The molecule has 1 aromatic heterocycles. The first-order valence-corrected chi connectivity index (χ1v) is 4.23. The Balaban J connectivity index is 2.68. The minimum atomic E-state index is -0.506. The van der Waals surface area contributed by atoms with Crippen LogP contribution in [0.5, 0.6) is 0 Å². The fraction of sp³-hybridized carbons (Fsp3) is 0.500. The quantitative estimate of drug-likeness (QED) is 0.626. The third-order valence-electron chi connectivity index (χ3n) is 1.76. The number of rotatable bonds is 3. The fourth-order valence-corrected chi connectivity index (χ4v) is 0.924. The lowest BCUT2D eigenvalue weighted by Crippen LogP contribution is -2.32. The van der Waals surface area contributed by atoms with Gasteiger partial charge in [0.25, 0.3) is 0 Å². The van der Waals surface area contributed by atoms with Gasteiger partial charge in [-0.2, -0.15) is 5.10 Å². The number of nitrogens with zero attached hydrogens (tertiary/aromatic N) is 1. The molecule has 0 aliphatic heterocycles. The summed E-state index contributed by atoms with van der Waals surface area (Å²) >= 11 is 0. The molecule has 0 radical (unpaired) electrons. The molecule has 0 aliphatic carbocycles. The Morgan fingerprint density at radius 2 is 2.54 bits per heavy atom. The van der Waals surface area contributed by atoms with Crippen LogP contribution in [0.25, 0.3) is 0 Å². The van der Waals surface area contributed by atoms with Crippen LogP contribution >= 0.6 is 0 Å². The third kappa shape index (κ3) is 2.29. The lowest BCUT2D eigenvalue weighted by Gasteiger charge is -2.06. The number of anilines is 1. The van der Waals surface area contributed by atoms with Crippen LogP contribution in [0.4, 0.5) is 5.82 Å². The van der Waals surface area contributed by atoms with Crippen LogP contribution in [0.3, 0.4) is 0 Å². The second-order valence-electron chi connectivity index (χ2n) is 2.90. The fourth-order valence-electron chi connectivity index (χ4n) is 0.924. The molecular formula is C8H14N4O. The van der Waals surface area contributed by atoms with Crippen molar-refractivity contribution in [3.05, 3.63) is 11.8 Å². The molecule has 5 heteroatoms. The van der Waals surface area contributed by atoms with Gasteiger partial charge in [0.15, 0.2) is 0 Å². The summed E-state index contributed by atoms with van der Waals surface area (Å²) in [6.45, 7) is 3.63. The molecule has 0 spiro atoms. The zero-order valence-corrected chi connectivity index (χ0v) is 7.79. The highest BCUT2D eigenvalue weighted by molar-refractivity contribution is 5.94. The molecule has 1 atom stereocenters. The van der Waals surface area contributed by atoms with Crippen molar-refractivity contribution in [2.45, 2.75) is 26.3 Å². The summed E-state index contributed by atoms with van der Waals surface area (Å²) < 4.78 is 0. The molecule has 0 saturated carbocycles. The molecule has 72 valence electrons. The second-order valence-corrected chi connectivity index (χ2v) is 2.90. The van der Waals surface area contributed by atoms with Crippen LogP contribution in [0.1, 0.15) is 19.4 Å². The van der Waals surface area contributed by atoms with E-state index in [1.165, 1.54) is 0 Å². The molecule has 1 aromatic rings. The Morgan fingerprint density at radius 3 is 3.08 bits per heavy atom. The number of nitrogens with two attached hydrogens (primary N) is 1. The predicted molar refractivity (Wildman–Crippen MR) is 50.2 cm³/mol. The number of hydrogen-bond acceptors (Lipinski definition) is 3. The van der Waals surface area contributed by atoms with Gasteiger partial charge >= 0.3 is 0 Å². The summed E-state index contributed by atoms with van der Waals surface area (Å²) in [4.78, 5) is 11.2. The summed E-state index contributed by atoms with van der Waals surface area (Å²) in [5.74, 6) is 0.434. The molecule has 0 aromatic carbocycles. The first-order chi connectivity index (χ1) is 6.15. The van der Waals surface area contributed by atoms with Gasteiger partial charge in [-0.3, -0.25) is 9.89 Å². The standard InChI is InChI=1S/C8H14N4O/c1-3-6-4-10-12-7(6)11-8(13)5(2)9/h4-5H,3,9H2,1-2H3,(H2,10,11,12,13)/t5-/m0/s1. The average molecular weight is 182 g/mol. The molecule has 4 N–H and O–H groups in total. The number of carbonyl (C=O) groups excluding carboxylic acids is 1. The van der Waals surface area contributed by atoms with Crippen LogP contribution in [0.2, 0.25) is 0 Å². The van der Waals surface area contributed by atoms with E-state index in [2.05, 4.69) is 15.5 Å². The summed E-state index contributed by atoms with van der Waals surface area (Å²) in [5.41, 5.74) is 6.38. The summed E-state index contributed by atoms with van der Waals surface area (Å²) in [7, 11) is 0. The molecule has 0 fully saturated rings. The Labute approximate surface area is 76.7 Å². The molecule has 0 saturated heterocycles. The van der Waals surface area contributed by atoms with E-state index < -0.39 is 6.04 Å². The molecule has 13 heavy (non-hydrogen) atoms. The van der Waals surface area contributed by atoms with E-state index in [0.717, 1.165) is 12.0 Å². The van der Waals surface area contributed by atoms with Crippen LogP contribution in [0.15, 0.2) is 6.20 Å². The highest BCUT2D eigenvalue weighted by Crippen LogP contribution is 2.10. The van der Waals surface area contributed by atoms with E-state index >= 15 is 0 Å². The predicted octanol–water partition coefficient (Wildman–Crippen LogP) is 0.258. The molecular weight excluding hydrogens is 168 g/mol. The van der Waals surface area contributed by atoms with Crippen LogP contribution in [0, 0.1) is 0 Å². The highest BCUT2D eigenvalue weighted by atomic mass is 16.2. The second kappa shape index (κ2) is 4.04. The highest BCUT2D eigenvalue weighted by Gasteiger charge is 2.10. The number of nitrogens with one attached hydrogen (secondary N) is 2. The number of aromatic nitrogens is 2. The van der Waals surface area contributed by atoms with Gasteiger partial charge in [0.05, 0.1) is 12.2 Å². The van der Waals surface area contributed by atoms with Crippen molar-refractivity contribution < 1.29 is 4.79 Å². The molecule has 0 bridgehead atoms. The molecule has 1 amide bonds. The summed E-state index contributed by atoms with van der Waals surface area (Å²) in [6.07, 6.45) is 2.52. The first kappa shape index (κ1) is 9.73. The normalized spacial score (nSPS) is 12.5. The van der Waals surface area contributed by atoms with Gasteiger partial charge in [-0.1, -0.05) is 6.92 Å². The smallest absolute Gasteiger partial charge is 0.242 e. The van der Waals surface area contributed by atoms with Gasteiger partial charge in [-0.25, -0.2) is 0 Å². The van der Waals surface area contributed by atoms with Crippen molar-refractivity contribution in [1.82, 2.24) is 10.2 Å². The van der Waals surface area contributed by atoms with E-state index in [1.54, 1.807) is 13.1 Å². The summed E-state index contributed by atoms with van der Waals surface area (Å²) in [6, 6.07) is -0.506. The van der Waals surface area contributed by atoms with Gasteiger partial charge in [0, 0.05) is 5.56 Å². The largest absolute Gasteiger partial charge is 0.320 e. The Kier molecular flexibility index (Phi) is 3.02. The Bertz CT molecular complexity index is 292. The maximum absolute atomic E-state index is 11.2. The number of aromatic amines is 1. The summed E-state index contributed by atoms with van der Waals surface area (Å²) in [5, 5.41) is 9.19. The third-order valence-corrected chi connectivity index (χ3v) is 1.76. The van der Waals surface area contributed by atoms with E-state index in [9.17, 15) is 4.79 Å². The van der Waals surface area contributed by atoms with Crippen molar-refractivity contribution in [2.75, 3.05) is 5.32 Å². The zero-order valence-electron chi connectivity index (χ0n) is 7.79. The molecule has 1 heterocycles. The SMILES string of the molecule is CCc1cn[nH]c1NC(=O)[C@H](C)N. The van der Waals surface area contributed by atoms with Gasteiger partial charge < -0.3 is 11.1 Å². The average Bonchev–Trinajstić information content (AvgIpc) is 2.51. The van der Waals surface area contributed by atoms with Crippen molar-refractivity contribution in [3.63, 3.8) is 0 Å². The molecule has 0 unspecified atom stereocenters. The zero-order chi connectivity index (χ0) is 9.84. The van der Waals surface area contributed by atoms with Gasteiger partial charge in [-0.05, 0) is 13.3 Å². The number of aryl methyl sites for hydroxylation is 1. The van der Waals surface area contributed by atoms with E-state index in [4.69, 9.17) is 5.73 Å². The maximum Gasteiger partial charge on any atom is 0.242 e. The topological polar surface area (TPSA) is 83.8 Å². The van der Waals surface area contributed by atoms with Crippen LogP contribution in [-0.2, 0) is 11.2 Å². The Hall–Kier alpha value is -1.36. The van der Waals surface area contributed by atoms with Crippen molar-refractivity contribution >= 4 is 11.7 Å². The minimum absolute atomic E-state index is 0.209.